The summed E-state index contributed by atoms with van der Waals surface area (Å²) in [6.45, 7) is 6.72. The maximum atomic E-state index is 5.61. The van der Waals surface area contributed by atoms with Crippen LogP contribution in [0, 0.1) is 0 Å². The predicted molar refractivity (Wildman–Crippen MR) is 81.0 cm³/mol. The SMILES string of the molecule is CN(CCCN1CCCC1)Cc1ccc(CN)cc1. The van der Waals surface area contributed by atoms with Crippen molar-refractivity contribution in [3.05, 3.63) is 35.4 Å². The minimum atomic E-state index is 0.631. The Balaban J connectivity index is 1.66. The van der Waals surface area contributed by atoms with Crippen LogP contribution in [-0.4, -0.2) is 43.0 Å². The summed E-state index contributed by atoms with van der Waals surface area (Å²) in [7, 11) is 2.21. The van der Waals surface area contributed by atoms with E-state index in [-0.39, 0.29) is 0 Å². The van der Waals surface area contributed by atoms with Gasteiger partial charge in [-0.1, -0.05) is 24.3 Å². The van der Waals surface area contributed by atoms with Gasteiger partial charge in [0.05, 0.1) is 0 Å². The summed E-state index contributed by atoms with van der Waals surface area (Å²) < 4.78 is 0. The highest BCUT2D eigenvalue weighted by atomic mass is 15.1. The molecule has 106 valence electrons. The second-order valence-electron chi connectivity index (χ2n) is 5.66. The molecule has 19 heavy (non-hydrogen) atoms. The molecule has 1 saturated heterocycles. The van der Waals surface area contributed by atoms with E-state index in [2.05, 4.69) is 41.1 Å². The molecule has 1 aliphatic rings. The maximum Gasteiger partial charge on any atom is 0.0230 e. The molecule has 0 aliphatic carbocycles. The van der Waals surface area contributed by atoms with Crippen molar-refractivity contribution in [1.29, 1.82) is 0 Å². The number of hydrogen-bond donors (Lipinski definition) is 1. The van der Waals surface area contributed by atoms with Gasteiger partial charge in [-0.15, -0.1) is 0 Å². The van der Waals surface area contributed by atoms with Crippen LogP contribution in [0.5, 0.6) is 0 Å². The summed E-state index contributed by atoms with van der Waals surface area (Å²) in [5.41, 5.74) is 8.20. The number of likely N-dealkylation sites (tertiary alicyclic amines) is 1. The standard InChI is InChI=1S/C16H27N3/c1-18(9-4-12-19-10-2-3-11-19)14-16-7-5-15(13-17)6-8-16/h5-8H,2-4,9-14,17H2,1H3. The molecule has 0 aromatic heterocycles. The first-order valence-electron chi connectivity index (χ1n) is 7.47. The third kappa shape index (κ3) is 4.94. The Morgan fingerprint density at radius 3 is 2.37 bits per heavy atom. The van der Waals surface area contributed by atoms with Crippen LogP contribution in [0.2, 0.25) is 0 Å². The summed E-state index contributed by atoms with van der Waals surface area (Å²) in [6, 6.07) is 8.65. The molecule has 0 bridgehead atoms. The van der Waals surface area contributed by atoms with Crippen molar-refractivity contribution < 1.29 is 0 Å². The van der Waals surface area contributed by atoms with Crippen LogP contribution in [0.15, 0.2) is 24.3 Å². The predicted octanol–water partition coefficient (Wildman–Crippen LogP) is 2.06. The fourth-order valence-corrected chi connectivity index (χ4v) is 2.74. The average molecular weight is 261 g/mol. The van der Waals surface area contributed by atoms with Crippen molar-refractivity contribution in [2.45, 2.75) is 32.4 Å². The molecule has 1 aromatic carbocycles. The third-order valence-corrected chi connectivity index (χ3v) is 3.92. The lowest BCUT2D eigenvalue weighted by Crippen LogP contribution is -2.26. The fourth-order valence-electron chi connectivity index (χ4n) is 2.74. The molecule has 0 radical (unpaired) electrons. The second-order valence-corrected chi connectivity index (χ2v) is 5.66. The summed E-state index contributed by atoms with van der Waals surface area (Å²) in [4.78, 5) is 5.00. The van der Waals surface area contributed by atoms with Gasteiger partial charge in [-0.3, -0.25) is 0 Å². The highest BCUT2D eigenvalue weighted by Crippen LogP contribution is 2.09. The fraction of sp³-hybridized carbons (Fsp3) is 0.625. The number of benzene rings is 1. The molecule has 0 amide bonds. The lowest BCUT2D eigenvalue weighted by molar-refractivity contribution is 0.275. The van der Waals surface area contributed by atoms with Crippen molar-refractivity contribution in [2.75, 3.05) is 33.2 Å². The molecule has 0 atom stereocenters. The minimum Gasteiger partial charge on any atom is -0.326 e. The highest BCUT2D eigenvalue weighted by molar-refractivity contribution is 5.22. The van der Waals surface area contributed by atoms with E-state index in [4.69, 9.17) is 5.73 Å². The van der Waals surface area contributed by atoms with Crippen molar-refractivity contribution >= 4 is 0 Å². The first-order valence-corrected chi connectivity index (χ1v) is 7.47. The molecule has 2 N–H and O–H groups in total. The average Bonchev–Trinajstić information content (AvgIpc) is 2.93. The van der Waals surface area contributed by atoms with Gasteiger partial charge in [0, 0.05) is 13.1 Å². The van der Waals surface area contributed by atoms with Gasteiger partial charge in [0.15, 0.2) is 0 Å². The lowest BCUT2D eigenvalue weighted by Gasteiger charge is -2.19. The highest BCUT2D eigenvalue weighted by Gasteiger charge is 2.10. The van der Waals surface area contributed by atoms with Gasteiger partial charge in [-0.2, -0.15) is 0 Å². The summed E-state index contributed by atoms with van der Waals surface area (Å²) in [5.74, 6) is 0. The van der Waals surface area contributed by atoms with E-state index < -0.39 is 0 Å². The van der Waals surface area contributed by atoms with Crippen LogP contribution in [0.25, 0.3) is 0 Å². The van der Waals surface area contributed by atoms with Gasteiger partial charge < -0.3 is 15.5 Å². The van der Waals surface area contributed by atoms with E-state index in [0.29, 0.717) is 6.54 Å². The van der Waals surface area contributed by atoms with E-state index in [1.54, 1.807) is 0 Å². The van der Waals surface area contributed by atoms with Gasteiger partial charge >= 0.3 is 0 Å². The molecule has 3 nitrogen and oxygen atoms in total. The maximum absolute atomic E-state index is 5.61. The van der Waals surface area contributed by atoms with Crippen molar-refractivity contribution in [3.63, 3.8) is 0 Å². The Morgan fingerprint density at radius 1 is 1.11 bits per heavy atom. The quantitative estimate of drug-likeness (QED) is 0.815. The summed E-state index contributed by atoms with van der Waals surface area (Å²) in [5, 5.41) is 0. The van der Waals surface area contributed by atoms with Crippen molar-refractivity contribution in [2.24, 2.45) is 5.73 Å². The largest absolute Gasteiger partial charge is 0.326 e. The Kier molecular flexibility index (Phi) is 5.83. The Morgan fingerprint density at radius 2 is 1.74 bits per heavy atom. The molecule has 1 aliphatic heterocycles. The Labute approximate surface area is 117 Å². The van der Waals surface area contributed by atoms with Crippen molar-refractivity contribution in [1.82, 2.24) is 9.80 Å². The van der Waals surface area contributed by atoms with Crippen LogP contribution in [-0.2, 0) is 13.1 Å². The van der Waals surface area contributed by atoms with Crippen LogP contribution in [0.1, 0.15) is 30.4 Å². The first-order chi connectivity index (χ1) is 9.28. The Hall–Kier alpha value is -0.900. The molecular formula is C16H27N3. The normalized spacial score (nSPS) is 16.4. The second kappa shape index (κ2) is 7.63. The van der Waals surface area contributed by atoms with E-state index in [0.717, 1.165) is 6.54 Å². The van der Waals surface area contributed by atoms with Gasteiger partial charge in [-0.05, 0) is 63.6 Å². The summed E-state index contributed by atoms with van der Waals surface area (Å²) in [6.07, 6.45) is 4.06. The van der Waals surface area contributed by atoms with Gasteiger partial charge in [-0.25, -0.2) is 0 Å². The lowest BCUT2D eigenvalue weighted by atomic mass is 10.1. The number of rotatable bonds is 7. The number of nitrogens with two attached hydrogens (primary N) is 1. The zero-order chi connectivity index (χ0) is 13.5. The van der Waals surface area contributed by atoms with Crippen LogP contribution >= 0.6 is 0 Å². The molecule has 1 aromatic rings. The van der Waals surface area contributed by atoms with Crippen molar-refractivity contribution in [3.8, 4) is 0 Å². The zero-order valence-corrected chi connectivity index (χ0v) is 12.1. The molecular weight excluding hydrogens is 234 g/mol. The Bertz CT molecular complexity index is 355. The van der Waals surface area contributed by atoms with E-state index in [9.17, 15) is 0 Å². The number of hydrogen-bond acceptors (Lipinski definition) is 3. The molecule has 2 rings (SSSR count). The molecule has 0 unspecified atom stereocenters. The van der Waals surface area contributed by atoms with Crippen LogP contribution < -0.4 is 5.73 Å². The van der Waals surface area contributed by atoms with Gasteiger partial charge in [0.2, 0.25) is 0 Å². The van der Waals surface area contributed by atoms with Crippen LogP contribution in [0.3, 0.4) is 0 Å². The molecule has 1 fully saturated rings. The molecule has 3 heteroatoms. The molecule has 0 spiro atoms. The first kappa shape index (κ1) is 14.5. The van der Waals surface area contributed by atoms with Gasteiger partial charge in [0.1, 0.15) is 0 Å². The van der Waals surface area contributed by atoms with E-state index in [1.165, 1.54) is 56.6 Å². The van der Waals surface area contributed by atoms with Gasteiger partial charge in [0.25, 0.3) is 0 Å². The van der Waals surface area contributed by atoms with Crippen LogP contribution in [0.4, 0.5) is 0 Å². The topological polar surface area (TPSA) is 32.5 Å². The zero-order valence-electron chi connectivity index (χ0n) is 12.1. The summed E-state index contributed by atoms with van der Waals surface area (Å²) >= 11 is 0. The van der Waals surface area contributed by atoms with E-state index >= 15 is 0 Å². The number of nitrogens with zero attached hydrogens (tertiary/aromatic N) is 2. The smallest absolute Gasteiger partial charge is 0.0230 e. The monoisotopic (exact) mass is 261 g/mol. The van der Waals surface area contributed by atoms with E-state index in [1.807, 2.05) is 0 Å². The molecule has 0 saturated carbocycles. The molecule has 1 heterocycles. The minimum absolute atomic E-state index is 0.631. The third-order valence-electron chi connectivity index (χ3n) is 3.92.